The maximum absolute atomic E-state index is 14.1. The minimum Gasteiger partial charge on any atom is -0.496 e. The summed E-state index contributed by atoms with van der Waals surface area (Å²) in [6, 6.07) is 5.20. The van der Waals surface area contributed by atoms with Crippen molar-refractivity contribution in [3.63, 3.8) is 0 Å². The van der Waals surface area contributed by atoms with Gasteiger partial charge in [-0.15, -0.1) is 0 Å². The van der Waals surface area contributed by atoms with Crippen LogP contribution in [0.15, 0.2) is 18.2 Å². The third-order valence-corrected chi connectivity index (χ3v) is 4.82. The highest BCUT2D eigenvalue weighted by Gasteiger charge is 2.52. The zero-order valence-electron chi connectivity index (χ0n) is 11.4. The normalized spacial score (nSPS) is 25.6. The van der Waals surface area contributed by atoms with Crippen LogP contribution in [0.2, 0.25) is 0 Å². The van der Waals surface area contributed by atoms with E-state index in [4.69, 9.17) is 10.5 Å². The van der Waals surface area contributed by atoms with Crippen molar-refractivity contribution in [2.75, 3.05) is 7.11 Å². The summed E-state index contributed by atoms with van der Waals surface area (Å²) in [5.74, 6) is 0.661. The molecule has 1 aliphatic carbocycles. The van der Waals surface area contributed by atoms with Gasteiger partial charge >= 0.3 is 0 Å². The summed E-state index contributed by atoms with van der Waals surface area (Å²) in [6.45, 7) is 4.28. The van der Waals surface area contributed by atoms with Crippen LogP contribution < -0.4 is 10.5 Å². The van der Waals surface area contributed by atoms with Crippen LogP contribution in [-0.4, -0.2) is 13.2 Å². The molecule has 100 valence electrons. The molecule has 0 heterocycles. The molecule has 1 fully saturated rings. The van der Waals surface area contributed by atoms with E-state index in [2.05, 4.69) is 13.8 Å². The molecule has 1 aromatic rings. The first-order chi connectivity index (χ1) is 8.60. The number of benzene rings is 1. The summed E-state index contributed by atoms with van der Waals surface area (Å²) < 4.78 is 19.5. The third kappa shape index (κ3) is 1.72. The molecule has 0 radical (unpaired) electrons. The topological polar surface area (TPSA) is 35.2 Å². The van der Waals surface area contributed by atoms with Crippen molar-refractivity contribution in [2.45, 2.75) is 45.1 Å². The smallest absolute Gasteiger partial charge is 0.130 e. The van der Waals surface area contributed by atoms with Crippen molar-refractivity contribution in [3.05, 3.63) is 29.6 Å². The Bertz CT molecular complexity index is 429. The number of halogens is 1. The fourth-order valence-electron chi connectivity index (χ4n) is 3.53. The number of methoxy groups -OCH3 is 1. The Labute approximate surface area is 108 Å². The Morgan fingerprint density at radius 3 is 2.56 bits per heavy atom. The zero-order valence-corrected chi connectivity index (χ0v) is 11.4. The lowest BCUT2D eigenvalue weighted by Gasteiger charge is -2.55. The highest BCUT2D eigenvalue weighted by Crippen LogP contribution is 2.58. The zero-order chi connectivity index (χ0) is 13.3. The van der Waals surface area contributed by atoms with Crippen LogP contribution in [0.4, 0.5) is 4.39 Å². The lowest BCUT2D eigenvalue weighted by molar-refractivity contribution is 0.0403. The molecule has 1 aromatic carbocycles. The van der Waals surface area contributed by atoms with Crippen molar-refractivity contribution in [2.24, 2.45) is 11.1 Å². The van der Waals surface area contributed by atoms with Gasteiger partial charge in [0.2, 0.25) is 0 Å². The van der Waals surface area contributed by atoms with Gasteiger partial charge in [0.15, 0.2) is 0 Å². The molecule has 0 aliphatic heterocycles. The second-order valence-electron chi connectivity index (χ2n) is 5.19. The number of ether oxygens (including phenoxy) is 1. The van der Waals surface area contributed by atoms with Crippen molar-refractivity contribution in [3.8, 4) is 5.75 Å². The van der Waals surface area contributed by atoms with Gasteiger partial charge in [-0.3, -0.25) is 0 Å². The summed E-state index contributed by atoms with van der Waals surface area (Å²) in [5, 5.41) is 0. The molecule has 2 rings (SSSR count). The molecule has 18 heavy (non-hydrogen) atoms. The van der Waals surface area contributed by atoms with Gasteiger partial charge in [0, 0.05) is 11.6 Å². The summed E-state index contributed by atoms with van der Waals surface area (Å²) >= 11 is 0. The van der Waals surface area contributed by atoms with E-state index < -0.39 is 0 Å². The summed E-state index contributed by atoms with van der Waals surface area (Å²) in [4.78, 5) is 0. The maximum Gasteiger partial charge on any atom is 0.130 e. The summed E-state index contributed by atoms with van der Waals surface area (Å²) in [5.41, 5.74) is 6.92. The average Bonchev–Trinajstić information content (AvgIpc) is 2.38. The largest absolute Gasteiger partial charge is 0.496 e. The minimum absolute atomic E-state index is 0.0233. The second-order valence-corrected chi connectivity index (χ2v) is 5.19. The molecule has 2 nitrogen and oxygen atoms in total. The maximum atomic E-state index is 14.1. The monoisotopic (exact) mass is 251 g/mol. The van der Waals surface area contributed by atoms with Crippen LogP contribution in [0, 0.1) is 11.2 Å². The van der Waals surface area contributed by atoms with Crippen LogP contribution in [0.3, 0.4) is 0 Å². The van der Waals surface area contributed by atoms with E-state index in [1.165, 1.54) is 6.07 Å². The first-order valence-electron chi connectivity index (χ1n) is 6.68. The quantitative estimate of drug-likeness (QED) is 0.889. The van der Waals surface area contributed by atoms with E-state index in [9.17, 15) is 4.39 Å². The van der Waals surface area contributed by atoms with Crippen molar-refractivity contribution < 1.29 is 9.13 Å². The lowest BCUT2D eigenvalue weighted by Crippen LogP contribution is -2.56. The van der Waals surface area contributed by atoms with E-state index in [1.54, 1.807) is 13.2 Å². The molecule has 0 spiro atoms. The number of hydrogen-bond donors (Lipinski definition) is 1. The average molecular weight is 251 g/mol. The molecule has 0 saturated heterocycles. The Morgan fingerprint density at radius 2 is 2.06 bits per heavy atom. The van der Waals surface area contributed by atoms with Gasteiger partial charge in [0.05, 0.1) is 7.11 Å². The molecule has 0 aromatic heterocycles. The molecule has 2 atom stereocenters. The van der Waals surface area contributed by atoms with Gasteiger partial charge in [0.25, 0.3) is 0 Å². The van der Waals surface area contributed by atoms with Gasteiger partial charge in [0.1, 0.15) is 11.6 Å². The minimum atomic E-state index is -0.169. The van der Waals surface area contributed by atoms with E-state index >= 15 is 0 Å². The van der Waals surface area contributed by atoms with Crippen LogP contribution >= 0.6 is 0 Å². The van der Waals surface area contributed by atoms with Crippen LogP contribution in [0.25, 0.3) is 0 Å². The predicted molar refractivity (Wildman–Crippen MR) is 71.3 cm³/mol. The predicted octanol–water partition coefficient (Wildman–Crippen LogP) is 3.46. The lowest BCUT2D eigenvalue weighted by atomic mass is 9.52. The highest BCUT2D eigenvalue weighted by atomic mass is 19.1. The van der Waals surface area contributed by atoms with Crippen molar-refractivity contribution in [1.29, 1.82) is 0 Å². The van der Waals surface area contributed by atoms with Crippen molar-refractivity contribution in [1.82, 2.24) is 0 Å². The number of hydrogen-bond acceptors (Lipinski definition) is 2. The SMILES string of the molecule is CCC1(CC)C(N)CC1c1c(F)cccc1OC. The van der Waals surface area contributed by atoms with Crippen LogP contribution in [-0.2, 0) is 0 Å². The molecular formula is C15H22FNO. The molecular weight excluding hydrogens is 229 g/mol. The highest BCUT2D eigenvalue weighted by molar-refractivity contribution is 5.41. The van der Waals surface area contributed by atoms with Gasteiger partial charge in [-0.05, 0) is 42.7 Å². The Hall–Kier alpha value is -1.09. The Morgan fingerprint density at radius 1 is 1.39 bits per heavy atom. The molecule has 3 heteroatoms. The Balaban J connectivity index is 2.44. The van der Waals surface area contributed by atoms with E-state index in [1.807, 2.05) is 6.07 Å². The van der Waals surface area contributed by atoms with E-state index in [0.717, 1.165) is 19.3 Å². The fraction of sp³-hybridized carbons (Fsp3) is 0.600. The van der Waals surface area contributed by atoms with Gasteiger partial charge in [-0.25, -0.2) is 4.39 Å². The van der Waals surface area contributed by atoms with Gasteiger partial charge in [-0.2, -0.15) is 0 Å². The number of nitrogens with two attached hydrogens (primary N) is 1. The summed E-state index contributed by atoms with van der Waals surface area (Å²) in [7, 11) is 1.59. The first kappa shape index (κ1) is 13.3. The van der Waals surface area contributed by atoms with Gasteiger partial charge in [-0.1, -0.05) is 19.9 Å². The van der Waals surface area contributed by atoms with Crippen LogP contribution in [0.5, 0.6) is 5.75 Å². The standard InChI is InChI=1S/C15H22FNO/c1-4-15(5-2)10(9-13(15)17)14-11(16)7-6-8-12(14)18-3/h6-8,10,13H,4-5,9,17H2,1-3H3. The van der Waals surface area contributed by atoms with Crippen molar-refractivity contribution >= 4 is 0 Å². The molecule has 2 N–H and O–H groups in total. The van der Waals surface area contributed by atoms with Crippen LogP contribution in [0.1, 0.15) is 44.6 Å². The Kier molecular flexibility index (Phi) is 3.62. The molecule has 0 bridgehead atoms. The van der Waals surface area contributed by atoms with Gasteiger partial charge < -0.3 is 10.5 Å². The third-order valence-electron chi connectivity index (χ3n) is 4.82. The molecule has 0 amide bonds. The van der Waals surface area contributed by atoms with E-state index in [-0.39, 0.29) is 23.2 Å². The first-order valence-corrected chi connectivity index (χ1v) is 6.68. The molecule has 2 unspecified atom stereocenters. The molecule has 1 aliphatic rings. The number of rotatable bonds is 4. The fourth-order valence-corrected chi connectivity index (χ4v) is 3.53. The van der Waals surface area contributed by atoms with E-state index in [0.29, 0.717) is 11.3 Å². The molecule has 1 saturated carbocycles. The second kappa shape index (κ2) is 4.88. The summed E-state index contributed by atoms with van der Waals surface area (Å²) in [6.07, 6.45) is 2.80.